The molecule has 60 heavy (non-hydrogen) atoms. The van der Waals surface area contributed by atoms with Gasteiger partial charge in [-0.15, -0.1) is 0 Å². The van der Waals surface area contributed by atoms with Gasteiger partial charge in [-0.2, -0.15) is 0 Å². The lowest BCUT2D eigenvalue weighted by Gasteiger charge is -2.29. The van der Waals surface area contributed by atoms with Crippen LogP contribution in [0, 0.1) is 11.8 Å². The monoisotopic (exact) mass is 840 g/mol. The van der Waals surface area contributed by atoms with E-state index in [1.54, 1.807) is 38.3 Å². The summed E-state index contributed by atoms with van der Waals surface area (Å²) < 4.78 is 40.4. The number of hydrogen-bond donors (Lipinski definition) is 4. The van der Waals surface area contributed by atoms with E-state index in [0.717, 1.165) is 31.2 Å². The molecule has 4 aromatic rings. The van der Waals surface area contributed by atoms with Crippen molar-refractivity contribution < 1.29 is 37.1 Å². The van der Waals surface area contributed by atoms with E-state index >= 15 is 0 Å². The normalized spacial score (nSPS) is 18.1. The Morgan fingerprint density at radius 2 is 1.58 bits per heavy atom. The predicted octanol–water partition coefficient (Wildman–Crippen LogP) is 5.95. The van der Waals surface area contributed by atoms with Crippen LogP contribution in [0.5, 0.6) is 11.5 Å². The number of aromatic nitrogens is 1. The summed E-state index contributed by atoms with van der Waals surface area (Å²) in [5.41, 5.74) is 2.12. The molecule has 15 heteroatoms. The summed E-state index contributed by atoms with van der Waals surface area (Å²) in [6.45, 7) is 5.99. The smallest absolute Gasteiger partial charge is 0.318 e. The van der Waals surface area contributed by atoms with Gasteiger partial charge in [0.1, 0.15) is 35.7 Å². The van der Waals surface area contributed by atoms with Crippen LogP contribution in [-0.2, 0) is 24.4 Å². The van der Waals surface area contributed by atoms with Crippen LogP contribution in [0.4, 0.5) is 4.79 Å². The van der Waals surface area contributed by atoms with Crippen LogP contribution in [0.25, 0.3) is 22.2 Å². The number of carbonyl (C=O) groups excluding carboxylic acids is 4. The van der Waals surface area contributed by atoms with Crippen molar-refractivity contribution in [2.45, 2.75) is 101 Å². The number of hydrogen-bond acceptors (Lipinski definition) is 9. The number of ether oxygens (including phenoxy) is 2. The van der Waals surface area contributed by atoms with Gasteiger partial charge in [0.25, 0.3) is 15.9 Å². The Balaban J connectivity index is 1.27. The van der Waals surface area contributed by atoms with Crippen molar-refractivity contribution in [1.29, 1.82) is 0 Å². The van der Waals surface area contributed by atoms with E-state index in [4.69, 9.17) is 14.5 Å². The van der Waals surface area contributed by atoms with Crippen molar-refractivity contribution >= 4 is 44.7 Å². The zero-order chi connectivity index (χ0) is 42.8. The van der Waals surface area contributed by atoms with E-state index in [9.17, 15) is 27.6 Å². The lowest BCUT2D eigenvalue weighted by atomic mass is 9.89. The van der Waals surface area contributed by atoms with E-state index in [1.165, 1.54) is 23.5 Å². The summed E-state index contributed by atoms with van der Waals surface area (Å²) in [6, 6.07) is 20.4. The third-order valence-electron chi connectivity index (χ3n) is 11.2. The molecule has 1 aliphatic carbocycles. The second-order valence-electron chi connectivity index (χ2n) is 16.0. The molecule has 4 N–H and O–H groups in total. The molecule has 0 unspecified atom stereocenters. The molecule has 1 saturated carbocycles. The largest absolute Gasteiger partial charge is 0.497 e. The summed E-state index contributed by atoms with van der Waals surface area (Å²) >= 11 is 0. The van der Waals surface area contributed by atoms with Crippen molar-refractivity contribution in [2.75, 3.05) is 20.2 Å². The maximum atomic E-state index is 14.3. The Morgan fingerprint density at radius 3 is 2.25 bits per heavy atom. The summed E-state index contributed by atoms with van der Waals surface area (Å²) in [6.07, 6.45) is 5.45. The number of rotatable bonds is 16. The Labute approximate surface area is 352 Å². The van der Waals surface area contributed by atoms with Crippen LogP contribution in [0.2, 0.25) is 0 Å². The van der Waals surface area contributed by atoms with Crippen molar-refractivity contribution in [2.24, 2.45) is 11.8 Å². The Morgan fingerprint density at radius 1 is 0.883 bits per heavy atom. The maximum Gasteiger partial charge on any atom is 0.318 e. The first kappa shape index (κ1) is 43.9. The fourth-order valence-electron chi connectivity index (χ4n) is 7.88. The summed E-state index contributed by atoms with van der Waals surface area (Å²) in [5, 5.41) is 9.37. The van der Waals surface area contributed by atoms with Crippen molar-refractivity contribution in [3.63, 3.8) is 0 Å². The van der Waals surface area contributed by atoms with Gasteiger partial charge in [0, 0.05) is 36.0 Å². The van der Waals surface area contributed by atoms with Gasteiger partial charge in [-0.05, 0) is 55.4 Å². The summed E-state index contributed by atoms with van der Waals surface area (Å²) in [4.78, 5) is 61.8. The first-order valence-electron chi connectivity index (χ1n) is 20.8. The van der Waals surface area contributed by atoms with Crippen LogP contribution < -0.4 is 30.1 Å². The van der Waals surface area contributed by atoms with Crippen LogP contribution in [-0.4, -0.2) is 86.5 Å². The number of benzene rings is 3. The number of methoxy groups -OCH3 is 1. The molecule has 0 bridgehead atoms. The van der Waals surface area contributed by atoms with E-state index in [0.29, 0.717) is 47.0 Å². The van der Waals surface area contributed by atoms with E-state index in [2.05, 4.69) is 20.7 Å². The average Bonchev–Trinajstić information content (AvgIpc) is 3.69. The molecule has 1 aliphatic heterocycles. The lowest BCUT2D eigenvalue weighted by Crippen LogP contribution is -2.58. The van der Waals surface area contributed by atoms with Gasteiger partial charge in [-0.3, -0.25) is 14.4 Å². The van der Waals surface area contributed by atoms with E-state index < -0.39 is 52.1 Å². The van der Waals surface area contributed by atoms with Crippen molar-refractivity contribution in [3.8, 4) is 22.8 Å². The SMILES string of the molecule is CCC[C@H](NC(=O)[C@@H]1C[C@@H](Oc2cc(-c3ccccc3)nc3cc(OC)ccc23)CN1C(=O)N[C@H](C(=O)NCC1CCCCC1)C(C)C)C(=O)NS(=O)(=O)c1ccccc1. The van der Waals surface area contributed by atoms with Crippen LogP contribution in [0.15, 0.2) is 89.8 Å². The van der Waals surface area contributed by atoms with Crippen LogP contribution in [0.3, 0.4) is 0 Å². The number of pyridine rings is 1. The highest BCUT2D eigenvalue weighted by atomic mass is 32.2. The number of urea groups is 1. The molecule has 6 rings (SSSR count). The molecule has 2 heterocycles. The second kappa shape index (κ2) is 20.0. The minimum Gasteiger partial charge on any atom is -0.497 e. The summed E-state index contributed by atoms with van der Waals surface area (Å²) in [7, 11) is -2.66. The predicted molar refractivity (Wildman–Crippen MR) is 229 cm³/mol. The van der Waals surface area contributed by atoms with Crippen molar-refractivity contribution in [1.82, 2.24) is 30.6 Å². The number of nitrogens with zero attached hydrogens (tertiary/aromatic N) is 2. The molecule has 1 saturated heterocycles. The average molecular weight is 841 g/mol. The van der Waals surface area contributed by atoms with Crippen LogP contribution >= 0.6 is 0 Å². The summed E-state index contributed by atoms with van der Waals surface area (Å²) in [5.74, 6) is -0.678. The number of nitrogens with one attached hydrogen (secondary N) is 4. The van der Waals surface area contributed by atoms with Gasteiger partial charge < -0.3 is 30.3 Å². The van der Waals surface area contributed by atoms with Gasteiger partial charge in [0.15, 0.2) is 0 Å². The molecule has 1 aromatic heterocycles. The lowest BCUT2D eigenvalue weighted by molar-refractivity contribution is -0.130. The highest BCUT2D eigenvalue weighted by Crippen LogP contribution is 2.35. The standard InChI is InChI=1S/C45H56N6O8S/c1-5-15-36(42(52)50-60(56,57)34-20-13-8-14-21-34)48-43(53)39-25-33(28-51(39)45(55)49-41(29(2)3)44(54)46-27-30-16-9-6-10-17-30)59-40-26-37(31-18-11-7-12-19-31)47-38-24-32(58-4)22-23-35(38)40/h7-8,11-14,18-24,26,29-30,33,36,39,41H,5-6,9-10,15-17,25,27-28H2,1-4H3,(H,46,54)(H,48,53)(H,49,55)(H,50,52)/t33-,36+,39+,41+/m1/s1. The van der Waals surface area contributed by atoms with Gasteiger partial charge in [0.05, 0.1) is 29.8 Å². The molecule has 14 nitrogen and oxygen atoms in total. The fourth-order valence-corrected chi connectivity index (χ4v) is 8.92. The molecule has 2 aliphatic rings. The van der Waals surface area contributed by atoms with Gasteiger partial charge in [0.2, 0.25) is 11.8 Å². The molecule has 0 spiro atoms. The molecule has 3 aromatic carbocycles. The Kier molecular flexibility index (Phi) is 14.6. The highest BCUT2D eigenvalue weighted by Gasteiger charge is 2.43. The van der Waals surface area contributed by atoms with E-state index in [-0.39, 0.29) is 36.1 Å². The minimum atomic E-state index is -4.23. The molecule has 0 radical (unpaired) electrons. The number of sulfonamides is 1. The zero-order valence-electron chi connectivity index (χ0n) is 34.7. The first-order chi connectivity index (χ1) is 28.9. The molecule has 2 fully saturated rings. The fraction of sp³-hybridized carbons (Fsp3) is 0.444. The minimum absolute atomic E-state index is 0.0306. The third-order valence-corrected chi connectivity index (χ3v) is 12.5. The number of fused-ring (bicyclic) bond motifs is 1. The van der Waals surface area contributed by atoms with Crippen LogP contribution in [0.1, 0.15) is 72.1 Å². The topological polar surface area (TPSA) is 185 Å². The first-order valence-corrected chi connectivity index (χ1v) is 22.3. The molecule has 320 valence electrons. The molecule has 4 atom stereocenters. The third kappa shape index (κ3) is 10.9. The Hall–Kier alpha value is -5.70. The van der Waals surface area contributed by atoms with Gasteiger partial charge in [-0.1, -0.05) is 95.0 Å². The zero-order valence-corrected chi connectivity index (χ0v) is 35.5. The maximum absolute atomic E-state index is 14.3. The number of likely N-dealkylation sites (tertiary alicyclic amines) is 1. The quantitative estimate of drug-likeness (QED) is 0.106. The number of amides is 5. The molecular weight excluding hydrogens is 785 g/mol. The van der Waals surface area contributed by atoms with Gasteiger partial charge in [-0.25, -0.2) is 22.9 Å². The Bertz CT molecular complexity index is 2230. The molecule has 5 amide bonds. The van der Waals surface area contributed by atoms with Crippen molar-refractivity contribution in [3.05, 3.63) is 84.9 Å². The second-order valence-corrected chi connectivity index (χ2v) is 17.6. The highest BCUT2D eigenvalue weighted by molar-refractivity contribution is 7.90. The molecular formula is C45H56N6O8S. The number of carbonyl (C=O) groups is 4. The van der Waals surface area contributed by atoms with Gasteiger partial charge >= 0.3 is 6.03 Å². The van der Waals surface area contributed by atoms with E-state index in [1.807, 2.05) is 62.4 Å².